The van der Waals surface area contributed by atoms with E-state index in [4.69, 9.17) is 0 Å². The van der Waals surface area contributed by atoms with Gasteiger partial charge in [-0.3, -0.25) is 18.7 Å². The maximum Gasteiger partial charge on any atom is 0.295 e. The molecule has 0 saturated carbocycles. The summed E-state index contributed by atoms with van der Waals surface area (Å²) in [4.78, 5) is 24.5. The van der Waals surface area contributed by atoms with Gasteiger partial charge in [-0.05, 0) is 37.1 Å². The average Bonchev–Trinajstić information content (AvgIpc) is 2.89. The van der Waals surface area contributed by atoms with Gasteiger partial charge in [0.1, 0.15) is 9.79 Å². The van der Waals surface area contributed by atoms with Gasteiger partial charge in [0, 0.05) is 45.8 Å². The summed E-state index contributed by atoms with van der Waals surface area (Å²) in [6.45, 7) is 0. The Morgan fingerprint density at radius 1 is 0.525 bits per heavy atom. The smallest absolute Gasteiger partial charge is 0.295 e. The van der Waals surface area contributed by atoms with Crippen molar-refractivity contribution in [1.29, 1.82) is 0 Å². The van der Waals surface area contributed by atoms with Crippen LogP contribution in [0.3, 0.4) is 0 Å². The van der Waals surface area contributed by atoms with Gasteiger partial charge < -0.3 is 10.6 Å². The molecule has 10 nitrogen and oxygen atoms in total. The van der Waals surface area contributed by atoms with Gasteiger partial charge in [-0.25, -0.2) is 0 Å². The molecule has 4 aromatic carbocycles. The van der Waals surface area contributed by atoms with E-state index >= 15 is 0 Å². The molecular formula is C28H28N2O8S2. The van der Waals surface area contributed by atoms with Crippen molar-refractivity contribution < 1.29 is 35.5 Å². The SMILES string of the molecule is O=C(CCCCCCC(=O)Nc1ccc(S(=O)(=O)O)c2ccccc12)Nc1ccc(S(=O)(=O)O)c2ccccc12. The van der Waals surface area contributed by atoms with E-state index in [9.17, 15) is 35.5 Å². The third kappa shape index (κ3) is 7.02. The molecule has 0 fully saturated rings. The van der Waals surface area contributed by atoms with Crippen molar-refractivity contribution in [1.82, 2.24) is 0 Å². The third-order valence-corrected chi connectivity index (χ3v) is 8.25. The molecule has 0 radical (unpaired) electrons. The third-order valence-electron chi connectivity index (χ3n) is 6.43. The normalized spacial score (nSPS) is 11.9. The molecule has 0 atom stereocenters. The monoisotopic (exact) mass is 584 g/mol. The zero-order valence-corrected chi connectivity index (χ0v) is 23.0. The van der Waals surface area contributed by atoms with E-state index in [0.29, 0.717) is 45.8 Å². The number of amides is 2. The van der Waals surface area contributed by atoms with Crippen LogP contribution in [0.4, 0.5) is 11.4 Å². The number of hydrogen-bond donors (Lipinski definition) is 4. The molecule has 0 spiro atoms. The highest BCUT2D eigenvalue weighted by Gasteiger charge is 2.18. The van der Waals surface area contributed by atoms with E-state index in [1.165, 1.54) is 24.3 Å². The predicted octanol–water partition coefficient (Wildman–Crippen LogP) is 5.40. The molecule has 12 heteroatoms. The molecule has 40 heavy (non-hydrogen) atoms. The van der Waals surface area contributed by atoms with Gasteiger partial charge in [0.15, 0.2) is 0 Å². The number of anilines is 2. The van der Waals surface area contributed by atoms with Crippen LogP contribution in [0.1, 0.15) is 38.5 Å². The second kappa shape index (κ2) is 12.1. The first-order valence-corrected chi connectivity index (χ1v) is 15.4. The molecule has 0 aliphatic heterocycles. The zero-order valence-electron chi connectivity index (χ0n) is 21.3. The van der Waals surface area contributed by atoms with Gasteiger partial charge >= 0.3 is 0 Å². The van der Waals surface area contributed by atoms with Crippen molar-refractivity contribution in [3.8, 4) is 0 Å². The summed E-state index contributed by atoms with van der Waals surface area (Å²) in [5.41, 5.74) is 0.892. The minimum atomic E-state index is -4.41. The molecule has 0 unspecified atom stereocenters. The van der Waals surface area contributed by atoms with Crippen LogP contribution in [0.25, 0.3) is 21.5 Å². The van der Waals surface area contributed by atoms with E-state index < -0.39 is 20.2 Å². The van der Waals surface area contributed by atoms with Gasteiger partial charge in [0.05, 0.1) is 0 Å². The fourth-order valence-corrected chi connectivity index (χ4v) is 5.95. The summed E-state index contributed by atoms with van der Waals surface area (Å²) in [6.07, 6.45) is 3.11. The minimum absolute atomic E-state index is 0.228. The Labute approximate surface area is 231 Å². The van der Waals surface area contributed by atoms with Gasteiger partial charge in [-0.2, -0.15) is 16.8 Å². The molecule has 0 aromatic heterocycles. The van der Waals surface area contributed by atoms with Gasteiger partial charge in [0.2, 0.25) is 11.8 Å². The zero-order chi connectivity index (χ0) is 28.9. The van der Waals surface area contributed by atoms with E-state index in [0.717, 1.165) is 12.8 Å². The Bertz CT molecular complexity index is 1670. The highest BCUT2D eigenvalue weighted by Crippen LogP contribution is 2.31. The van der Waals surface area contributed by atoms with Crippen LogP contribution in [0.5, 0.6) is 0 Å². The van der Waals surface area contributed by atoms with Crippen LogP contribution in [0.15, 0.2) is 82.6 Å². The maximum atomic E-state index is 12.5. The molecule has 0 heterocycles. The van der Waals surface area contributed by atoms with Crippen molar-refractivity contribution in [2.45, 2.75) is 48.3 Å². The van der Waals surface area contributed by atoms with E-state index in [1.807, 2.05) is 0 Å². The highest BCUT2D eigenvalue weighted by atomic mass is 32.2. The first-order chi connectivity index (χ1) is 18.9. The summed E-state index contributed by atoms with van der Waals surface area (Å²) >= 11 is 0. The molecule has 2 amide bonds. The summed E-state index contributed by atoms with van der Waals surface area (Å²) < 4.78 is 65.5. The Kier molecular flexibility index (Phi) is 8.84. The molecule has 0 aliphatic rings. The lowest BCUT2D eigenvalue weighted by atomic mass is 10.1. The van der Waals surface area contributed by atoms with Gasteiger partial charge in [0.25, 0.3) is 20.2 Å². The van der Waals surface area contributed by atoms with Crippen LogP contribution < -0.4 is 10.6 Å². The molecule has 4 N–H and O–H groups in total. The van der Waals surface area contributed by atoms with Crippen LogP contribution in [0.2, 0.25) is 0 Å². The second-order valence-corrected chi connectivity index (χ2v) is 12.1. The lowest BCUT2D eigenvalue weighted by Gasteiger charge is -2.11. The van der Waals surface area contributed by atoms with Crippen molar-refractivity contribution >= 4 is 65.0 Å². The lowest BCUT2D eigenvalue weighted by molar-refractivity contribution is -0.117. The number of benzene rings is 4. The Hall–Kier alpha value is -3.84. The van der Waals surface area contributed by atoms with Gasteiger partial charge in [-0.1, -0.05) is 61.4 Å². The van der Waals surface area contributed by atoms with Crippen molar-refractivity contribution in [2.24, 2.45) is 0 Å². The number of rotatable bonds is 11. The molecule has 4 aromatic rings. The summed E-state index contributed by atoms with van der Waals surface area (Å²) in [5.74, 6) is -0.467. The van der Waals surface area contributed by atoms with Crippen LogP contribution in [-0.4, -0.2) is 37.8 Å². The lowest BCUT2D eigenvalue weighted by Crippen LogP contribution is -2.12. The topological polar surface area (TPSA) is 167 Å². The van der Waals surface area contributed by atoms with Crippen LogP contribution in [0, 0.1) is 0 Å². The number of unbranched alkanes of at least 4 members (excludes halogenated alkanes) is 3. The van der Waals surface area contributed by atoms with Crippen molar-refractivity contribution in [2.75, 3.05) is 10.6 Å². The molecule has 0 bridgehead atoms. The number of nitrogens with one attached hydrogen (secondary N) is 2. The quantitative estimate of drug-likeness (QED) is 0.134. The van der Waals surface area contributed by atoms with E-state index in [1.54, 1.807) is 48.5 Å². The van der Waals surface area contributed by atoms with Gasteiger partial charge in [-0.15, -0.1) is 0 Å². The Balaban J connectivity index is 1.24. The van der Waals surface area contributed by atoms with Crippen LogP contribution in [-0.2, 0) is 29.8 Å². The first-order valence-electron chi connectivity index (χ1n) is 12.5. The standard InChI is InChI=1S/C28H28N2O8S2/c31-27(29-23-15-17-25(39(33,34)35)21-11-7-5-9-19(21)23)13-3-1-2-4-14-28(32)30-24-16-18-26(40(36,37)38)22-12-8-6-10-20(22)24/h5-12,15-18H,1-4,13-14H2,(H,29,31)(H,30,32)(H,33,34,35)(H,36,37,38). The Morgan fingerprint density at radius 3 is 1.23 bits per heavy atom. The van der Waals surface area contributed by atoms with Crippen molar-refractivity contribution in [3.63, 3.8) is 0 Å². The number of carbonyl (C=O) groups is 2. The number of carbonyl (C=O) groups excluding carboxylic acids is 2. The summed E-state index contributed by atoms with van der Waals surface area (Å²) in [7, 11) is -8.82. The second-order valence-electron chi connectivity index (χ2n) is 9.27. The van der Waals surface area contributed by atoms with Crippen LogP contribution >= 0.6 is 0 Å². The summed E-state index contributed by atoms with van der Waals surface area (Å²) in [6, 6.07) is 18.5. The van der Waals surface area contributed by atoms with E-state index in [2.05, 4.69) is 10.6 Å². The first kappa shape index (κ1) is 29.2. The maximum absolute atomic E-state index is 12.5. The fraction of sp³-hybridized carbons (Fsp3) is 0.214. The molecule has 0 saturated heterocycles. The Morgan fingerprint density at radius 2 is 0.875 bits per heavy atom. The fourth-order valence-electron chi connectivity index (χ4n) is 4.56. The highest BCUT2D eigenvalue weighted by molar-refractivity contribution is 7.86. The largest absolute Gasteiger partial charge is 0.326 e. The minimum Gasteiger partial charge on any atom is -0.326 e. The number of hydrogen-bond acceptors (Lipinski definition) is 6. The predicted molar refractivity (Wildman–Crippen MR) is 152 cm³/mol. The average molecular weight is 585 g/mol. The van der Waals surface area contributed by atoms with Crippen molar-refractivity contribution in [3.05, 3.63) is 72.8 Å². The number of fused-ring (bicyclic) bond motifs is 2. The molecule has 210 valence electrons. The summed E-state index contributed by atoms with van der Waals surface area (Å²) in [5, 5.41) is 7.20. The molecular weight excluding hydrogens is 556 g/mol. The molecule has 4 rings (SSSR count). The molecule has 0 aliphatic carbocycles. The van der Waals surface area contributed by atoms with E-state index in [-0.39, 0.29) is 34.4 Å².